The summed E-state index contributed by atoms with van der Waals surface area (Å²) in [5, 5.41) is 0. The van der Waals surface area contributed by atoms with Gasteiger partial charge in [-0.2, -0.15) is 0 Å². The molecule has 4 rings (SSSR count). The smallest absolute Gasteiger partial charge is 0.409 e. The first-order valence-corrected chi connectivity index (χ1v) is 19.7. The van der Waals surface area contributed by atoms with Crippen LogP contribution in [0.4, 0.5) is 9.59 Å². The van der Waals surface area contributed by atoms with Crippen LogP contribution in [0.1, 0.15) is 65.2 Å². The summed E-state index contributed by atoms with van der Waals surface area (Å²) in [6.07, 6.45) is 4.24. The van der Waals surface area contributed by atoms with Crippen molar-refractivity contribution in [2.24, 2.45) is 0 Å². The zero-order chi connectivity index (χ0) is 36.2. The summed E-state index contributed by atoms with van der Waals surface area (Å²) in [5.74, 6) is -0.482. The van der Waals surface area contributed by atoms with E-state index in [2.05, 4.69) is 0 Å². The number of unbranched alkanes of at least 4 members (excludes halogenated alkanes) is 4. The van der Waals surface area contributed by atoms with Crippen molar-refractivity contribution >= 4 is 92.4 Å². The first-order valence-electron chi connectivity index (χ1n) is 17.3. The fourth-order valence-electron chi connectivity index (χ4n) is 5.92. The summed E-state index contributed by atoms with van der Waals surface area (Å²) >= 11 is 13.2. The third-order valence-corrected chi connectivity index (χ3v) is 11.8. The van der Waals surface area contributed by atoms with Crippen LogP contribution in [0.2, 0.25) is 0 Å². The highest BCUT2D eigenvalue weighted by Gasteiger charge is 2.41. The van der Waals surface area contributed by atoms with E-state index in [1.165, 1.54) is 9.80 Å². The number of carbonyl (C=O) groups is 6. The van der Waals surface area contributed by atoms with Crippen LogP contribution in [0.25, 0.3) is 0 Å². The Balaban J connectivity index is 1.13. The number of thiocarbonyl (C=S) groups is 2. The zero-order valence-electron chi connectivity index (χ0n) is 28.7. The minimum Gasteiger partial charge on any atom is -0.450 e. The van der Waals surface area contributed by atoms with Crippen molar-refractivity contribution < 1.29 is 38.2 Å². The van der Waals surface area contributed by atoms with Gasteiger partial charge in [-0.05, 0) is 39.5 Å². The molecule has 0 aromatic carbocycles. The van der Waals surface area contributed by atoms with Gasteiger partial charge in [0, 0.05) is 78.3 Å². The summed E-state index contributed by atoms with van der Waals surface area (Å²) in [5.41, 5.74) is 0. The van der Waals surface area contributed by atoms with E-state index in [4.69, 9.17) is 33.9 Å². The number of hydrogen-bond acceptors (Lipinski definition) is 12. The molecule has 4 fully saturated rings. The lowest BCUT2D eigenvalue weighted by Crippen LogP contribution is -2.50. The summed E-state index contributed by atoms with van der Waals surface area (Å²) in [7, 11) is 0. The van der Waals surface area contributed by atoms with Gasteiger partial charge >= 0.3 is 12.2 Å². The molecule has 0 saturated carbocycles. The van der Waals surface area contributed by atoms with Gasteiger partial charge in [-0.15, -0.1) is 0 Å². The Labute approximate surface area is 312 Å². The van der Waals surface area contributed by atoms with Gasteiger partial charge in [0.1, 0.15) is 8.64 Å². The lowest BCUT2D eigenvalue weighted by Gasteiger charge is -2.34. The van der Waals surface area contributed by atoms with Gasteiger partial charge in [-0.3, -0.25) is 29.0 Å². The van der Waals surface area contributed by atoms with Crippen LogP contribution in [0, 0.1) is 0 Å². The topological polar surface area (TPSA) is 140 Å². The molecule has 50 heavy (non-hydrogen) atoms. The molecule has 0 atom stereocenters. The molecule has 14 nitrogen and oxygen atoms in total. The molecule has 4 aliphatic rings. The highest BCUT2D eigenvalue weighted by Crippen LogP contribution is 2.42. The van der Waals surface area contributed by atoms with Crippen LogP contribution in [0.15, 0.2) is 9.81 Å². The number of hydrogen-bond donors (Lipinski definition) is 0. The monoisotopic (exact) mass is 770 g/mol. The number of carbonyl (C=O) groups excluding carboxylic acids is 6. The second-order valence-electron chi connectivity index (χ2n) is 12.1. The second-order valence-corrected chi connectivity index (χ2v) is 15.4. The quantitative estimate of drug-likeness (QED) is 0.145. The molecule has 4 heterocycles. The molecule has 0 spiro atoms. The Hall–Kier alpha value is -2.96. The average molecular weight is 771 g/mol. The molecule has 0 radical (unpaired) electrons. The summed E-state index contributed by atoms with van der Waals surface area (Å²) in [4.78, 5) is 86.1. The predicted molar refractivity (Wildman–Crippen MR) is 198 cm³/mol. The van der Waals surface area contributed by atoms with E-state index >= 15 is 0 Å². The van der Waals surface area contributed by atoms with E-state index in [-0.39, 0.29) is 35.8 Å². The highest BCUT2D eigenvalue weighted by atomic mass is 32.2. The first kappa shape index (κ1) is 39.8. The van der Waals surface area contributed by atoms with Crippen molar-refractivity contribution in [3.8, 4) is 0 Å². The molecular weight excluding hydrogens is 725 g/mol. The lowest BCUT2D eigenvalue weighted by atomic mass is 10.1. The van der Waals surface area contributed by atoms with Gasteiger partial charge in [-0.1, -0.05) is 60.8 Å². The molecule has 0 aromatic rings. The average Bonchev–Trinajstić information content (AvgIpc) is 3.56. The van der Waals surface area contributed by atoms with E-state index in [1.807, 2.05) is 0 Å². The van der Waals surface area contributed by atoms with Crippen molar-refractivity contribution in [3.05, 3.63) is 9.81 Å². The zero-order valence-corrected chi connectivity index (χ0v) is 32.0. The van der Waals surface area contributed by atoms with E-state index in [0.29, 0.717) is 136 Å². The molecule has 0 N–H and O–H groups in total. The molecule has 18 heteroatoms. The minimum atomic E-state index is -0.347. The van der Waals surface area contributed by atoms with Crippen LogP contribution >= 0.6 is 48.0 Å². The van der Waals surface area contributed by atoms with Crippen molar-refractivity contribution in [1.82, 2.24) is 29.4 Å². The lowest BCUT2D eigenvalue weighted by molar-refractivity contribution is -0.133. The molecular formula is C32H46N6O8S4. The molecule has 276 valence electrons. The summed E-state index contributed by atoms with van der Waals surface area (Å²) in [6, 6.07) is 0. The van der Waals surface area contributed by atoms with E-state index < -0.39 is 0 Å². The Kier molecular flexibility index (Phi) is 15.6. The van der Waals surface area contributed by atoms with E-state index in [1.54, 1.807) is 33.4 Å². The molecule has 0 aromatic heterocycles. The molecule has 0 bridgehead atoms. The van der Waals surface area contributed by atoms with Crippen LogP contribution in [0.5, 0.6) is 0 Å². The Bertz CT molecular complexity index is 1260. The summed E-state index contributed by atoms with van der Waals surface area (Å²) < 4.78 is 10.9. The van der Waals surface area contributed by atoms with Gasteiger partial charge in [-0.25, -0.2) is 9.59 Å². The van der Waals surface area contributed by atoms with Crippen molar-refractivity contribution in [2.45, 2.75) is 65.2 Å². The third-order valence-electron chi connectivity index (χ3n) is 8.77. The molecule has 4 saturated heterocycles. The minimum absolute atomic E-state index is 0.0530. The Morgan fingerprint density at radius 1 is 0.560 bits per heavy atom. The standard InChI is InChI=1S/C32H46N6O8S4/c1-3-45-29(43)35-19-15-33(16-20-35)23(39)11-7-5-9-13-37-27(41)25(49-31(37)47)26-28(42)38(32(48)50-26)14-10-6-8-12-24(40)34-17-21-36(22-18-34)30(44)46-4-2/h3-22H2,1-2H3/b26-25+. The first-order chi connectivity index (χ1) is 24.0. The predicted octanol–water partition coefficient (Wildman–Crippen LogP) is 3.64. The van der Waals surface area contributed by atoms with Gasteiger partial charge in [0.05, 0.1) is 23.0 Å². The number of ether oxygens (including phenoxy) is 2. The molecule has 4 aliphatic heterocycles. The normalized spacial score (nSPS) is 20.0. The van der Waals surface area contributed by atoms with Crippen LogP contribution in [0.3, 0.4) is 0 Å². The number of amides is 6. The van der Waals surface area contributed by atoms with Crippen molar-refractivity contribution in [2.75, 3.05) is 78.7 Å². The maximum absolute atomic E-state index is 13.3. The second kappa shape index (κ2) is 19.6. The largest absolute Gasteiger partial charge is 0.450 e. The molecule has 6 amide bonds. The fourth-order valence-corrected chi connectivity index (χ4v) is 8.70. The maximum atomic E-state index is 13.3. The maximum Gasteiger partial charge on any atom is 0.409 e. The van der Waals surface area contributed by atoms with Gasteiger partial charge < -0.3 is 29.1 Å². The number of piperazine rings is 2. The Morgan fingerprint density at radius 3 is 1.24 bits per heavy atom. The van der Waals surface area contributed by atoms with Crippen LogP contribution < -0.4 is 0 Å². The van der Waals surface area contributed by atoms with Gasteiger partial charge in [0.2, 0.25) is 11.8 Å². The molecule has 0 unspecified atom stereocenters. The van der Waals surface area contributed by atoms with Gasteiger partial charge in [0.25, 0.3) is 11.8 Å². The van der Waals surface area contributed by atoms with Crippen LogP contribution in [-0.2, 0) is 28.7 Å². The SMILES string of the molecule is CCOC(=O)N1CCN(C(=O)CCCCCN2C(=O)/C(=C3\SC(=S)N(CCCCCC(=O)N4CCN(C(=O)OCC)CC4)C3=O)SC2=S)CC1. The van der Waals surface area contributed by atoms with Gasteiger partial charge in [0.15, 0.2) is 0 Å². The van der Waals surface area contributed by atoms with Crippen molar-refractivity contribution in [1.29, 1.82) is 0 Å². The van der Waals surface area contributed by atoms with E-state index in [9.17, 15) is 28.8 Å². The van der Waals surface area contributed by atoms with E-state index in [0.717, 1.165) is 36.4 Å². The fraction of sp³-hybridized carbons (Fsp3) is 0.688. The number of rotatable bonds is 14. The molecule has 0 aliphatic carbocycles. The highest BCUT2D eigenvalue weighted by molar-refractivity contribution is 8.29. The number of thioether (sulfide) groups is 2. The summed E-state index contributed by atoms with van der Waals surface area (Å²) in [6.45, 7) is 8.76. The third kappa shape index (κ3) is 10.5. The number of nitrogens with zero attached hydrogens (tertiary/aromatic N) is 6. The van der Waals surface area contributed by atoms with Crippen LogP contribution in [-0.4, -0.2) is 153 Å². The Morgan fingerprint density at radius 2 is 0.900 bits per heavy atom. The van der Waals surface area contributed by atoms with Crippen molar-refractivity contribution in [3.63, 3.8) is 0 Å².